The average Bonchev–Trinajstić information content (AvgIpc) is 2.09. The average molecular weight is 298 g/mol. The van der Waals surface area contributed by atoms with Crippen LogP contribution in [-0.2, 0) is 9.47 Å². The fraction of sp³-hybridized carbons (Fsp3) is 0.800. The normalized spacial score (nSPS) is 12.1. The molecule has 0 unspecified atom stereocenters. The van der Waals surface area contributed by atoms with E-state index in [4.69, 9.17) is 9.47 Å². The molecule has 13 heavy (non-hydrogen) atoms. The van der Waals surface area contributed by atoms with Crippen LogP contribution in [0.25, 0.3) is 0 Å². The molecular weight excluding hydrogens is 279 g/mol. The zero-order valence-corrected chi connectivity index (χ0v) is 10.7. The topological polar surface area (TPSA) is 18.5 Å². The van der Waals surface area contributed by atoms with Crippen molar-refractivity contribution >= 4 is 22.6 Å². The second-order valence-corrected chi connectivity index (χ2v) is 4.44. The van der Waals surface area contributed by atoms with E-state index in [1.165, 1.54) is 3.58 Å². The largest absolute Gasteiger partial charge is 0.379 e. The highest BCUT2D eigenvalue weighted by molar-refractivity contribution is 14.1. The van der Waals surface area contributed by atoms with Crippen molar-refractivity contribution in [1.29, 1.82) is 0 Å². The fourth-order valence-electron chi connectivity index (χ4n) is 0.851. The summed E-state index contributed by atoms with van der Waals surface area (Å²) in [4.78, 5) is 0. The predicted molar refractivity (Wildman–Crippen MR) is 64.3 cm³/mol. The smallest absolute Gasteiger partial charge is 0.0700 e. The lowest BCUT2D eigenvalue weighted by Crippen LogP contribution is -2.04. The van der Waals surface area contributed by atoms with Crippen molar-refractivity contribution in [3.8, 4) is 0 Å². The molecule has 78 valence electrons. The quantitative estimate of drug-likeness (QED) is 0.506. The van der Waals surface area contributed by atoms with Gasteiger partial charge < -0.3 is 9.47 Å². The summed E-state index contributed by atoms with van der Waals surface area (Å²) in [5, 5.41) is 0. The first-order chi connectivity index (χ1) is 6.27. The van der Waals surface area contributed by atoms with Crippen LogP contribution in [-0.4, -0.2) is 26.4 Å². The summed E-state index contributed by atoms with van der Waals surface area (Å²) in [6.07, 6.45) is 4.45. The number of ether oxygens (including phenoxy) is 2. The fourth-order valence-corrected chi connectivity index (χ4v) is 1.16. The molecule has 0 aliphatic carbocycles. The monoisotopic (exact) mass is 298 g/mol. The van der Waals surface area contributed by atoms with E-state index in [1.54, 1.807) is 0 Å². The highest BCUT2D eigenvalue weighted by atomic mass is 127. The molecule has 0 bridgehead atoms. The third-order valence-corrected chi connectivity index (χ3v) is 1.93. The zero-order valence-electron chi connectivity index (χ0n) is 8.51. The molecule has 0 fully saturated rings. The molecule has 0 atom stereocenters. The maximum Gasteiger partial charge on any atom is 0.0700 e. The molecule has 0 amide bonds. The first kappa shape index (κ1) is 13.4. The van der Waals surface area contributed by atoms with Gasteiger partial charge in [-0.25, -0.2) is 0 Å². The number of hydrogen-bond acceptors (Lipinski definition) is 2. The summed E-state index contributed by atoms with van der Waals surface area (Å²) in [5.74, 6) is 0. The standard InChI is InChI=1S/C10H19IO2/c1-3-12-8-9-13-7-5-4-6-10(2)11/h6H,3-5,7-9H2,1-2H3/b10-6+. The Morgan fingerprint density at radius 2 is 1.92 bits per heavy atom. The first-order valence-corrected chi connectivity index (χ1v) is 5.83. The number of halogens is 1. The van der Waals surface area contributed by atoms with Crippen molar-refractivity contribution in [3.05, 3.63) is 9.66 Å². The molecule has 0 heterocycles. The summed E-state index contributed by atoms with van der Waals surface area (Å²) >= 11 is 2.32. The van der Waals surface area contributed by atoms with Crippen LogP contribution in [0.1, 0.15) is 26.7 Å². The van der Waals surface area contributed by atoms with Crippen molar-refractivity contribution in [3.63, 3.8) is 0 Å². The number of hydrogen-bond donors (Lipinski definition) is 0. The van der Waals surface area contributed by atoms with Crippen molar-refractivity contribution in [1.82, 2.24) is 0 Å². The Morgan fingerprint density at radius 3 is 2.54 bits per heavy atom. The Morgan fingerprint density at radius 1 is 1.23 bits per heavy atom. The molecule has 0 rings (SSSR count). The highest BCUT2D eigenvalue weighted by Gasteiger charge is 1.88. The number of allylic oxidation sites excluding steroid dienone is 2. The van der Waals surface area contributed by atoms with Crippen LogP contribution in [0, 0.1) is 0 Å². The minimum absolute atomic E-state index is 0.720. The van der Waals surface area contributed by atoms with Crippen LogP contribution in [0.4, 0.5) is 0 Å². The molecule has 0 N–H and O–H groups in total. The molecule has 0 spiro atoms. The van der Waals surface area contributed by atoms with Crippen LogP contribution < -0.4 is 0 Å². The molecule has 0 aromatic rings. The van der Waals surface area contributed by atoms with Gasteiger partial charge in [-0.1, -0.05) is 6.08 Å². The van der Waals surface area contributed by atoms with Crippen molar-refractivity contribution in [2.75, 3.05) is 26.4 Å². The number of rotatable bonds is 8. The molecule has 3 heteroatoms. The van der Waals surface area contributed by atoms with Gasteiger partial charge >= 0.3 is 0 Å². The lowest BCUT2D eigenvalue weighted by Gasteiger charge is -2.02. The summed E-state index contributed by atoms with van der Waals surface area (Å²) < 4.78 is 11.9. The predicted octanol–water partition coefficient (Wildman–Crippen LogP) is 3.16. The minimum Gasteiger partial charge on any atom is -0.379 e. The lowest BCUT2D eigenvalue weighted by atomic mass is 10.3. The third kappa shape index (κ3) is 12.4. The molecule has 0 radical (unpaired) electrons. The van der Waals surface area contributed by atoms with E-state index in [0.29, 0.717) is 0 Å². The van der Waals surface area contributed by atoms with E-state index in [0.717, 1.165) is 39.3 Å². The van der Waals surface area contributed by atoms with Crippen LogP contribution in [0.3, 0.4) is 0 Å². The lowest BCUT2D eigenvalue weighted by molar-refractivity contribution is 0.0522. The van der Waals surface area contributed by atoms with Gasteiger partial charge in [-0.3, -0.25) is 0 Å². The molecular formula is C10H19IO2. The van der Waals surface area contributed by atoms with Crippen molar-refractivity contribution < 1.29 is 9.47 Å². The van der Waals surface area contributed by atoms with Crippen LogP contribution >= 0.6 is 22.6 Å². The molecule has 2 nitrogen and oxygen atoms in total. The van der Waals surface area contributed by atoms with Gasteiger partial charge in [0, 0.05) is 13.2 Å². The number of unbranched alkanes of at least 4 members (excludes halogenated alkanes) is 1. The second-order valence-electron chi connectivity index (χ2n) is 2.74. The van der Waals surface area contributed by atoms with Crippen LogP contribution in [0.2, 0.25) is 0 Å². The highest BCUT2D eigenvalue weighted by Crippen LogP contribution is 2.05. The van der Waals surface area contributed by atoms with Gasteiger partial charge in [0.1, 0.15) is 0 Å². The van der Waals surface area contributed by atoms with Gasteiger partial charge in [-0.15, -0.1) is 0 Å². The van der Waals surface area contributed by atoms with E-state index in [-0.39, 0.29) is 0 Å². The van der Waals surface area contributed by atoms with Gasteiger partial charge in [0.05, 0.1) is 13.2 Å². The van der Waals surface area contributed by atoms with E-state index in [1.807, 2.05) is 6.92 Å². The van der Waals surface area contributed by atoms with Crippen LogP contribution in [0.5, 0.6) is 0 Å². The molecule has 0 saturated carbocycles. The van der Waals surface area contributed by atoms with Gasteiger partial charge in [0.15, 0.2) is 0 Å². The van der Waals surface area contributed by atoms with Gasteiger partial charge in [0.25, 0.3) is 0 Å². The Hall–Kier alpha value is 0.390. The second kappa shape index (κ2) is 10.5. The van der Waals surface area contributed by atoms with E-state index in [9.17, 15) is 0 Å². The molecule has 0 saturated heterocycles. The third-order valence-electron chi connectivity index (χ3n) is 1.49. The Bertz CT molecular complexity index is 131. The zero-order chi connectivity index (χ0) is 9.94. The van der Waals surface area contributed by atoms with E-state index < -0.39 is 0 Å². The first-order valence-electron chi connectivity index (χ1n) is 4.75. The Balaban J connectivity index is 2.96. The van der Waals surface area contributed by atoms with Crippen LogP contribution in [0.15, 0.2) is 9.66 Å². The minimum atomic E-state index is 0.720. The molecule has 0 aromatic carbocycles. The SMILES string of the molecule is CCOCCOCCC/C=C(\C)I. The maximum atomic E-state index is 5.36. The Kier molecular flexibility index (Phi) is 10.8. The Labute approximate surface area is 94.8 Å². The van der Waals surface area contributed by atoms with Crippen molar-refractivity contribution in [2.45, 2.75) is 26.7 Å². The summed E-state index contributed by atoms with van der Waals surface area (Å²) in [6.45, 7) is 7.16. The van der Waals surface area contributed by atoms with Crippen molar-refractivity contribution in [2.24, 2.45) is 0 Å². The molecule has 0 aliphatic rings. The summed E-state index contributed by atoms with van der Waals surface area (Å²) in [7, 11) is 0. The summed E-state index contributed by atoms with van der Waals surface area (Å²) in [5.41, 5.74) is 0. The van der Waals surface area contributed by atoms with Gasteiger partial charge in [-0.2, -0.15) is 0 Å². The molecule has 0 aliphatic heterocycles. The molecule has 0 aromatic heterocycles. The van der Waals surface area contributed by atoms with E-state index >= 15 is 0 Å². The van der Waals surface area contributed by atoms with E-state index in [2.05, 4.69) is 35.6 Å². The maximum absolute atomic E-state index is 5.36. The van der Waals surface area contributed by atoms with Gasteiger partial charge in [0.2, 0.25) is 0 Å². The van der Waals surface area contributed by atoms with Gasteiger partial charge in [-0.05, 0) is 52.9 Å². The summed E-state index contributed by atoms with van der Waals surface area (Å²) in [6, 6.07) is 0.